The molecule has 1 aromatic heterocycles. The Labute approximate surface area is 190 Å². The Morgan fingerprint density at radius 1 is 1.12 bits per heavy atom. The fourth-order valence-corrected chi connectivity index (χ4v) is 5.24. The molecule has 4 heterocycles. The van der Waals surface area contributed by atoms with Crippen molar-refractivity contribution in [2.24, 2.45) is 5.92 Å². The van der Waals surface area contributed by atoms with Crippen LogP contribution < -0.4 is 5.32 Å². The summed E-state index contributed by atoms with van der Waals surface area (Å²) in [7, 11) is 0. The quantitative estimate of drug-likeness (QED) is 0.763. The number of hydrogen-bond acceptors (Lipinski definition) is 6. The van der Waals surface area contributed by atoms with Crippen LogP contribution in [0.15, 0.2) is 22.8 Å². The first-order valence-electron chi connectivity index (χ1n) is 12.0. The molecule has 0 unspecified atom stereocenters. The van der Waals surface area contributed by atoms with Crippen molar-refractivity contribution in [3.63, 3.8) is 0 Å². The molecule has 0 aromatic carbocycles. The average Bonchev–Trinajstić information content (AvgIpc) is 3.45. The third-order valence-electron chi connectivity index (χ3n) is 6.79. The minimum atomic E-state index is -0.494. The molecule has 0 bridgehead atoms. The molecule has 3 saturated heterocycles. The first-order valence-corrected chi connectivity index (χ1v) is 12.0. The molecule has 1 aromatic rings. The maximum atomic E-state index is 12.8. The molecule has 3 aliphatic heterocycles. The van der Waals surface area contributed by atoms with Crippen LogP contribution in [0.25, 0.3) is 0 Å². The van der Waals surface area contributed by atoms with Gasteiger partial charge in [0, 0.05) is 50.3 Å². The highest BCUT2D eigenvalue weighted by atomic mass is 16.6. The van der Waals surface area contributed by atoms with Gasteiger partial charge in [-0.25, -0.2) is 4.79 Å². The van der Waals surface area contributed by atoms with Gasteiger partial charge in [-0.05, 0) is 65.0 Å². The number of nitrogens with zero attached hydrogens (tertiary/aromatic N) is 2. The van der Waals surface area contributed by atoms with Gasteiger partial charge in [-0.2, -0.15) is 0 Å². The lowest BCUT2D eigenvalue weighted by Gasteiger charge is -2.42. The summed E-state index contributed by atoms with van der Waals surface area (Å²) in [4.78, 5) is 29.1. The molecule has 8 nitrogen and oxygen atoms in total. The zero-order valence-corrected chi connectivity index (χ0v) is 19.5. The van der Waals surface area contributed by atoms with Crippen LogP contribution in [-0.4, -0.2) is 78.4 Å². The lowest BCUT2D eigenvalue weighted by atomic mass is 9.86. The lowest BCUT2D eigenvalue weighted by molar-refractivity contribution is -0.0194. The largest absolute Gasteiger partial charge is 0.459 e. The highest BCUT2D eigenvalue weighted by Gasteiger charge is 2.42. The van der Waals surface area contributed by atoms with Gasteiger partial charge in [0.2, 0.25) is 0 Å². The van der Waals surface area contributed by atoms with Crippen LogP contribution in [0.1, 0.15) is 63.4 Å². The van der Waals surface area contributed by atoms with Crippen LogP contribution in [-0.2, 0) is 9.47 Å². The monoisotopic (exact) mass is 447 g/mol. The van der Waals surface area contributed by atoms with Gasteiger partial charge in [0.1, 0.15) is 5.60 Å². The van der Waals surface area contributed by atoms with Gasteiger partial charge in [-0.3, -0.25) is 4.79 Å². The molecular formula is C24H37N3O5. The summed E-state index contributed by atoms with van der Waals surface area (Å²) >= 11 is 0. The Bertz CT molecular complexity index is 767. The topological polar surface area (TPSA) is 84.2 Å². The molecule has 3 atom stereocenters. The second-order valence-corrected chi connectivity index (χ2v) is 10.2. The summed E-state index contributed by atoms with van der Waals surface area (Å²) in [6.45, 7) is 9.32. The third kappa shape index (κ3) is 5.46. The van der Waals surface area contributed by atoms with Crippen LogP contribution in [0.5, 0.6) is 0 Å². The summed E-state index contributed by atoms with van der Waals surface area (Å²) in [5.74, 6) is 0.627. The molecule has 32 heavy (non-hydrogen) atoms. The zero-order valence-electron chi connectivity index (χ0n) is 19.5. The number of ether oxygens (including phenoxy) is 2. The van der Waals surface area contributed by atoms with Crippen LogP contribution >= 0.6 is 0 Å². The van der Waals surface area contributed by atoms with Crippen molar-refractivity contribution in [3.8, 4) is 0 Å². The fourth-order valence-electron chi connectivity index (χ4n) is 5.24. The Hall–Kier alpha value is -2.06. The highest BCUT2D eigenvalue weighted by molar-refractivity contribution is 5.91. The number of nitrogens with one attached hydrogen (secondary N) is 1. The van der Waals surface area contributed by atoms with Gasteiger partial charge in [-0.15, -0.1) is 0 Å². The molecule has 2 amide bonds. The molecule has 3 aliphatic rings. The fraction of sp³-hybridized carbons (Fsp3) is 0.750. The Morgan fingerprint density at radius 2 is 1.91 bits per heavy atom. The molecule has 0 aliphatic carbocycles. The number of carbonyl (C=O) groups is 2. The maximum absolute atomic E-state index is 12.8. The summed E-state index contributed by atoms with van der Waals surface area (Å²) in [6, 6.07) is 4.27. The summed E-state index contributed by atoms with van der Waals surface area (Å²) < 4.78 is 16.8. The van der Waals surface area contributed by atoms with Crippen LogP contribution in [0.3, 0.4) is 0 Å². The molecule has 1 N–H and O–H groups in total. The summed E-state index contributed by atoms with van der Waals surface area (Å²) in [5.41, 5.74) is -0.494. The molecule has 4 rings (SSSR count). The van der Waals surface area contributed by atoms with Crippen molar-refractivity contribution in [1.29, 1.82) is 0 Å². The molecule has 0 spiro atoms. The predicted octanol–water partition coefficient (Wildman–Crippen LogP) is 3.28. The van der Waals surface area contributed by atoms with Crippen molar-refractivity contribution in [3.05, 3.63) is 24.2 Å². The minimum absolute atomic E-state index is 0.0312. The van der Waals surface area contributed by atoms with Crippen molar-refractivity contribution in [1.82, 2.24) is 15.1 Å². The van der Waals surface area contributed by atoms with Gasteiger partial charge < -0.3 is 29.0 Å². The minimum Gasteiger partial charge on any atom is -0.459 e. The Balaban J connectivity index is 1.34. The van der Waals surface area contributed by atoms with Crippen molar-refractivity contribution in [2.45, 2.75) is 76.6 Å². The number of carbonyl (C=O) groups excluding carboxylic acids is 2. The van der Waals surface area contributed by atoms with E-state index in [4.69, 9.17) is 13.9 Å². The Morgan fingerprint density at radius 3 is 2.59 bits per heavy atom. The molecular weight excluding hydrogens is 410 g/mol. The number of piperidine rings is 1. The summed E-state index contributed by atoms with van der Waals surface area (Å²) in [5, 5.41) is 3.87. The van der Waals surface area contributed by atoms with E-state index in [9.17, 15) is 9.59 Å². The SMILES string of the molecule is CC(C)(C)OC(=O)N1CCC[C@@H]1[C@H]1COCC[C@H]1NC1CCN(C(=O)c2ccco2)CC1. The average molecular weight is 448 g/mol. The molecule has 8 heteroatoms. The smallest absolute Gasteiger partial charge is 0.410 e. The third-order valence-corrected chi connectivity index (χ3v) is 6.79. The van der Waals surface area contributed by atoms with Crippen LogP contribution in [0, 0.1) is 5.92 Å². The molecule has 178 valence electrons. The van der Waals surface area contributed by atoms with Crippen molar-refractivity contribution in [2.75, 3.05) is 32.8 Å². The van der Waals surface area contributed by atoms with Crippen molar-refractivity contribution >= 4 is 12.0 Å². The van der Waals surface area contributed by atoms with Crippen molar-refractivity contribution < 1.29 is 23.5 Å². The van der Waals surface area contributed by atoms with E-state index in [1.807, 2.05) is 30.6 Å². The van der Waals surface area contributed by atoms with Gasteiger partial charge in [0.15, 0.2) is 5.76 Å². The van der Waals surface area contributed by atoms with E-state index in [-0.39, 0.29) is 24.0 Å². The van der Waals surface area contributed by atoms with Crippen LogP contribution in [0.2, 0.25) is 0 Å². The van der Waals surface area contributed by atoms with Gasteiger partial charge in [-0.1, -0.05) is 0 Å². The molecule has 0 saturated carbocycles. The summed E-state index contributed by atoms with van der Waals surface area (Å²) in [6.07, 6.45) is 6.08. The van der Waals surface area contributed by atoms with Gasteiger partial charge >= 0.3 is 6.09 Å². The number of furan rings is 1. The maximum Gasteiger partial charge on any atom is 0.410 e. The number of hydrogen-bond donors (Lipinski definition) is 1. The number of rotatable bonds is 4. The van der Waals surface area contributed by atoms with Gasteiger partial charge in [0.05, 0.1) is 12.9 Å². The molecule has 3 fully saturated rings. The number of amides is 2. The number of likely N-dealkylation sites (tertiary alicyclic amines) is 2. The second kappa shape index (κ2) is 9.83. The normalized spacial score (nSPS) is 27.5. The predicted molar refractivity (Wildman–Crippen MR) is 119 cm³/mol. The van der Waals surface area contributed by atoms with E-state index >= 15 is 0 Å². The zero-order chi connectivity index (χ0) is 22.7. The van der Waals surface area contributed by atoms with E-state index < -0.39 is 5.60 Å². The first-order chi connectivity index (χ1) is 15.3. The lowest BCUT2D eigenvalue weighted by Crippen LogP contribution is -2.56. The van der Waals surface area contributed by atoms with E-state index in [1.54, 1.807) is 12.1 Å². The standard InChI is InChI=1S/C24H37N3O5/c1-24(2,3)32-23(29)27-11-4-6-20(27)18-16-30-15-10-19(18)25-17-8-12-26(13-9-17)22(28)21-7-5-14-31-21/h5,7,14,17-20,25H,4,6,8-13,15-16H2,1-3H3/t18-,19+,20+/m0/s1. The van der Waals surface area contributed by atoms with E-state index in [0.29, 0.717) is 24.5 Å². The van der Waals surface area contributed by atoms with Gasteiger partial charge in [0.25, 0.3) is 5.91 Å². The van der Waals surface area contributed by atoms with E-state index in [0.717, 1.165) is 58.3 Å². The highest BCUT2D eigenvalue weighted by Crippen LogP contribution is 2.32. The first kappa shape index (κ1) is 23.1. The van der Waals surface area contributed by atoms with E-state index in [2.05, 4.69) is 5.32 Å². The Kier molecular flexibility index (Phi) is 7.10. The van der Waals surface area contributed by atoms with Crippen LogP contribution in [0.4, 0.5) is 4.79 Å². The molecule has 0 radical (unpaired) electrons. The van der Waals surface area contributed by atoms with E-state index in [1.165, 1.54) is 6.26 Å². The second-order valence-electron chi connectivity index (χ2n) is 10.2.